The van der Waals surface area contributed by atoms with Crippen LogP contribution in [-0.2, 0) is 19.3 Å². The number of fused-ring (bicyclic) bond motifs is 3. The lowest BCUT2D eigenvalue weighted by Crippen LogP contribution is -2.49. The molecule has 32 heavy (non-hydrogen) atoms. The topological polar surface area (TPSA) is 58.6 Å². The van der Waals surface area contributed by atoms with Gasteiger partial charge in [-0.2, -0.15) is 0 Å². The first-order chi connectivity index (χ1) is 15.7. The van der Waals surface area contributed by atoms with Gasteiger partial charge in [-0.3, -0.25) is 4.79 Å². The fourth-order valence-corrected chi connectivity index (χ4v) is 6.13. The fraction of sp³-hybridized carbons (Fsp3) is 0.480. The van der Waals surface area contributed by atoms with Crippen LogP contribution in [-0.4, -0.2) is 54.1 Å². The number of rotatable bonds is 5. The number of hydrogen-bond donors (Lipinski definition) is 0. The highest BCUT2D eigenvalue weighted by atomic mass is 32.1. The predicted octanol–water partition coefficient (Wildman–Crippen LogP) is 4.49. The van der Waals surface area contributed by atoms with Crippen molar-refractivity contribution in [1.82, 2.24) is 14.9 Å². The molecule has 2 aliphatic rings. The molecule has 0 radical (unpaired) electrons. The van der Waals surface area contributed by atoms with Crippen LogP contribution in [0, 0.1) is 0 Å². The van der Waals surface area contributed by atoms with E-state index in [0.29, 0.717) is 24.4 Å². The minimum Gasteiger partial charge on any atom is -0.496 e. The summed E-state index contributed by atoms with van der Waals surface area (Å²) in [6, 6.07) is 7.47. The molecule has 1 fully saturated rings. The summed E-state index contributed by atoms with van der Waals surface area (Å²) in [6.07, 6.45) is 6.75. The minimum atomic E-state index is 0.0366. The monoisotopic (exact) mass is 450 g/mol. The second-order valence-electron chi connectivity index (χ2n) is 8.58. The Balaban J connectivity index is 1.42. The minimum absolute atomic E-state index is 0.0366. The summed E-state index contributed by atoms with van der Waals surface area (Å²) in [7, 11) is 1.61. The van der Waals surface area contributed by atoms with Crippen molar-refractivity contribution in [3.05, 3.63) is 46.1 Å². The molecule has 5 rings (SSSR count). The van der Waals surface area contributed by atoms with Crippen molar-refractivity contribution in [3.8, 4) is 5.75 Å². The third-order valence-electron chi connectivity index (χ3n) is 6.52. The first-order valence-corrected chi connectivity index (χ1v) is 12.5. The molecular weight excluding hydrogens is 420 g/mol. The zero-order valence-corrected chi connectivity index (χ0v) is 19.7. The van der Waals surface area contributed by atoms with E-state index in [1.54, 1.807) is 7.11 Å². The Morgan fingerprint density at radius 2 is 1.88 bits per heavy atom. The first kappa shape index (κ1) is 21.2. The molecule has 1 saturated heterocycles. The molecule has 3 heterocycles. The Kier molecular flexibility index (Phi) is 6.00. The van der Waals surface area contributed by atoms with Gasteiger partial charge in [0, 0.05) is 37.5 Å². The van der Waals surface area contributed by atoms with Crippen molar-refractivity contribution in [1.29, 1.82) is 0 Å². The van der Waals surface area contributed by atoms with Crippen LogP contribution in [0.5, 0.6) is 5.75 Å². The van der Waals surface area contributed by atoms with E-state index in [0.717, 1.165) is 48.8 Å². The summed E-state index contributed by atoms with van der Waals surface area (Å²) in [5, 5.41) is 1.27. The molecule has 2 aromatic heterocycles. The average molecular weight is 451 g/mol. The van der Waals surface area contributed by atoms with E-state index in [-0.39, 0.29) is 5.91 Å². The highest BCUT2D eigenvalue weighted by Gasteiger charge is 2.28. The molecule has 3 aromatic rings. The van der Waals surface area contributed by atoms with Crippen LogP contribution >= 0.6 is 11.3 Å². The van der Waals surface area contributed by atoms with Crippen LogP contribution in [0.2, 0.25) is 0 Å². The normalized spacial score (nSPS) is 16.3. The Morgan fingerprint density at radius 1 is 1.09 bits per heavy atom. The number of carbonyl (C=O) groups excluding carboxylic acids is 1. The van der Waals surface area contributed by atoms with Crippen LogP contribution in [0.3, 0.4) is 0 Å². The number of amides is 1. The first-order valence-electron chi connectivity index (χ1n) is 11.7. The van der Waals surface area contributed by atoms with Crippen LogP contribution in [0.1, 0.15) is 52.8 Å². The van der Waals surface area contributed by atoms with Crippen LogP contribution in [0.25, 0.3) is 10.2 Å². The van der Waals surface area contributed by atoms with Gasteiger partial charge in [-0.25, -0.2) is 9.97 Å². The summed E-state index contributed by atoms with van der Waals surface area (Å²) in [6.45, 7) is 5.09. The molecule has 0 saturated carbocycles. The second kappa shape index (κ2) is 9.06. The summed E-state index contributed by atoms with van der Waals surface area (Å²) < 4.78 is 5.40. The molecule has 1 aromatic carbocycles. The van der Waals surface area contributed by atoms with Crippen molar-refractivity contribution in [2.24, 2.45) is 0 Å². The number of benzene rings is 1. The fourth-order valence-electron chi connectivity index (χ4n) is 4.86. The SMILES string of the molecule is CCCc1nc(N2CCN(C(=O)c3ccccc3OC)CC2)c2c3c(sc2n1)CCCC3. The second-order valence-corrected chi connectivity index (χ2v) is 9.67. The summed E-state index contributed by atoms with van der Waals surface area (Å²) in [5.41, 5.74) is 2.10. The van der Waals surface area contributed by atoms with Gasteiger partial charge in [0.2, 0.25) is 0 Å². The van der Waals surface area contributed by atoms with E-state index in [1.807, 2.05) is 40.5 Å². The van der Waals surface area contributed by atoms with Gasteiger partial charge in [0.05, 0.1) is 18.1 Å². The van der Waals surface area contributed by atoms with Gasteiger partial charge in [-0.15, -0.1) is 11.3 Å². The maximum atomic E-state index is 13.1. The van der Waals surface area contributed by atoms with Crippen molar-refractivity contribution >= 4 is 33.3 Å². The number of anilines is 1. The zero-order chi connectivity index (χ0) is 22.1. The molecule has 168 valence electrons. The standard InChI is InChI=1S/C25H30N4O2S/c1-3-8-21-26-23(22-18-10-5-7-12-20(18)32-24(22)27-21)28-13-15-29(16-14-28)25(30)17-9-4-6-11-19(17)31-2/h4,6,9,11H,3,5,7-8,10,12-16H2,1-2H3. The van der Waals surface area contributed by atoms with E-state index < -0.39 is 0 Å². The molecule has 1 aliphatic heterocycles. The number of thiophene rings is 1. The number of aromatic nitrogens is 2. The van der Waals surface area contributed by atoms with Gasteiger partial charge in [0.1, 0.15) is 22.2 Å². The number of methoxy groups -OCH3 is 1. The van der Waals surface area contributed by atoms with Gasteiger partial charge in [0.25, 0.3) is 5.91 Å². The largest absolute Gasteiger partial charge is 0.496 e. The Morgan fingerprint density at radius 3 is 2.66 bits per heavy atom. The quantitative estimate of drug-likeness (QED) is 0.573. The third kappa shape index (κ3) is 3.83. The van der Waals surface area contributed by atoms with Gasteiger partial charge < -0.3 is 14.5 Å². The van der Waals surface area contributed by atoms with Gasteiger partial charge >= 0.3 is 0 Å². The number of carbonyl (C=O) groups is 1. The smallest absolute Gasteiger partial charge is 0.257 e. The number of para-hydroxylation sites is 1. The summed E-state index contributed by atoms with van der Waals surface area (Å²) in [4.78, 5) is 30.1. The van der Waals surface area contributed by atoms with Crippen molar-refractivity contribution < 1.29 is 9.53 Å². The Hall–Kier alpha value is -2.67. The van der Waals surface area contributed by atoms with Gasteiger partial charge in [-0.1, -0.05) is 19.1 Å². The number of ether oxygens (including phenoxy) is 1. The third-order valence-corrected chi connectivity index (χ3v) is 7.70. The predicted molar refractivity (Wildman–Crippen MR) is 129 cm³/mol. The van der Waals surface area contributed by atoms with Gasteiger partial charge in [0.15, 0.2) is 0 Å². The molecule has 0 atom stereocenters. The van der Waals surface area contributed by atoms with E-state index in [2.05, 4.69) is 11.8 Å². The van der Waals surface area contributed by atoms with E-state index >= 15 is 0 Å². The summed E-state index contributed by atoms with van der Waals surface area (Å²) >= 11 is 1.87. The van der Waals surface area contributed by atoms with E-state index in [9.17, 15) is 4.79 Å². The molecule has 6 nitrogen and oxygen atoms in total. The van der Waals surface area contributed by atoms with E-state index in [4.69, 9.17) is 14.7 Å². The molecule has 0 N–H and O–H groups in total. The number of piperazine rings is 1. The number of aryl methyl sites for hydroxylation is 3. The Labute approximate surface area is 193 Å². The van der Waals surface area contributed by atoms with E-state index in [1.165, 1.54) is 35.1 Å². The lowest BCUT2D eigenvalue weighted by molar-refractivity contribution is 0.0743. The van der Waals surface area contributed by atoms with Crippen LogP contribution < -0.4 is 9.64 Å². The lowest BCUT2D eigenvalue weighted by atomic mass is 9.97. The highest BCUT2D eigenvalue weighted by Crippen LogP contribution is 2.40. The average Bonchev–Trinajstić information content (AvgIpc) is 3.22. The maximum absolute atomic E-state index is 13.1. The molecule has 1 aliphatic carbocycles. The molecular formula is C25H30N4O2S. The Bertz CT molecular complexity index is 1130. The van der Waals surface area contributed by atoms with Gasteiger partial charge in [-0.05, 0) is 49.8 Å². The number of nitrogens with zero attached hydrogens (tertiary/aromatic N) is 4. The molecule has 0 spiro atoms. The molecule has 1 amide bonds. The molecule has 7 heteroatoms. The van der Waals surface area contributed by atoms with Crippen molar-refractivity contribution in [2.75, 3.05) is 38.2 Å². The van der Waals surface area contributed by atoms with Crippen LogP contribution in [0.15, 0.2) is 24.3 Å². The molecule has 0 unspecified atom stereocenters. The zero-order valence-electron chi connectivity index (χ0n) is 18.9. The lowest BCUT2D eigenvalue weighted by Gasteiger charge is -2.36. The number of hydrogen-bond acceptors (Lipinski definition) is 6. The maximum Gasteiger partial charge on any atom is 0.257 e. The highest BCUT2D eigenvalue weighted by molar-refractivity contribution is 7.19. The van der Waals surface area contributed by atoms with Crippen molar-refractivity contribution in [3.63, 3.8) is 0 Å². The van der Waals surface area contributed by atoms with Crippen molar-refractivity contribution in [2.45, 2.75) is 45.4 Å². The summed E-state index contributed by atoms with van der Waals surface area (Å²) in [5.74, 6) is 2.70. The molecule has 0 bridgehead atoms. The van der Waals surface area contributed by atoms with Crippen LogP contribution in [0.4, 0.5) is 5.82 Å².